The second-order valence-electron chi connectivity index (χ2n) is 10.3. The van der Waals surface area contributed by atoms with Crippen LogP contribution in [0.3, 0.4) is 0 Å². The number of carboxylic acid groups (broad SMARTS) is 1. The van der Waals surface area contributed by atoms with Gasteiger partial charge in [-0.3, -0.25) is 0 Å². The average molecular weight is 540 g/mol. The van der Waals surface area contributed by atoms with Gasteiger partial charge >= 0.3 is 5.97 Å². The first-order chi connectivity index (χ1) is 19.5. The maximum atomic E-state index is 11.8. The van der Waals surface area contributed by atoms with Gasteiger partial charge in [-0.2, -0.15) is 0 Å². The molecule has 3 aromatic carbocycles. The van der Waals surface area contributed by atoms with Gasteiger partial charge in [0.05, 0.1) is 12.3 Å². The Bertz CT molecular complexity index is 1310. The summed E-state index contributed by atoms with van der Waals surface area (Å²) >= 11 is 0. The van der Waals surface area contributed by atoms with Crippen molar-refractivity contribution in [3.63, 3.8) is 0 Å². The van der Waals surface area contributed by atoms with E-state index in [1.54, 1.807) is 0 Å². The number of rotatable bonds is 16. The summed E-state index contributed by atoms with van der Waals surface area (Å²) < 4.78 is 14.1. The summed E-state index contributed by atoms with van der Waals surface area (Å²) in [5.74, 6) is 0.447. The zero-order chi connectivity index (χ0) is 28.2. The van der Waals surface area contributed by atoms with Crippen molar-refractivity contribution in [3.05, 3.63) is 102 Å². The molecule has 0 aliphatic carbocycles. The van der Waals surface area contributed by atoms with Crippen LogP contribution in [0.2, 0.25) is 0 Å². The number of aromatic nitrogens is 1. The number of aliphatic carboxylic acids is 1. The molecule has 0 unspecified atom stereocenters. The van der Waals surface area contributed by atoms with Crippen molar-refractivity contribution in [3.8, 4) is 28.4 Å². The molecule has 40 heavy (non-hydrogen) atoms. The SMILES string of the molecule is CCCCCCCCCOc1ccc(-n2c(C)ccc2-c2ccc(O[C@H](Cc3ccccc3)C(=O)O)cc2)cc1. The fraction of sp³-hybridized carbons (Fsp3) is 0.343. The highest BCUT2D eigenvalue weighted by Crippen LogP contribution is 2.29. The van der Waals surface area contributed by atoms with Crippen molar-refractivity contribution in [2.45, 2.75) is 71.3 Å². The number of benzene rings is 3. The van der Waals surface area contributed by atoms with E-state index in [0.29, 0.717) is 12.2 Å². The fourth-order valence-electron chi connectivity index (χ4n) is 4.92. The Balaban J connectivity index is 1.36. The molecule has 0 fully saturated rings. The smallest absolute Gasteiger partial charge is 0.345 e. The number of carbonyl (C=O) groups is 1. The van der Waals surface area contributed by atoms with E-state index in [9.17, 15) is 9.90 Å². The van der Waals surface area contributed by atoms with Crippen molar-refractivity contribution in [1.29, 1.82) is 0 Å². The van der Waals surface area contributed by atoms with Crippen LogP contribution in [0.1, 0.15) is 63.1 Å². The van der Waals surface area contributed by atoms with Crippen molar-refractivity contribution in [1.82, 2.24) is 4.57 Å². The first kappa shape index (κ1) is 29.0. The molecule has 0 aliphatic rings. The molecule has 1 N–H and O–H groups in total. The van der Waals surface area contributed by atoms with Crippen LogP contribution in [0.5, 0.6) is 11.5 Å². The van der Waals surface area contributed by atoms with Crippen LogP contribution in [0, 0.1) is 6.92 Å². The Morgan fingerprint density at radius 3 is 2.10 bits per heavy atom. The van der Waals surface area contributed by atoms with Crippen molar-refractivity contribution in [2.75, 3.05) is 6.61 Å². The molecule has 1 heterocycles. The lowest BCUT2D eigenvalue weighted by Crippen LogP contribution is -2.29. The minimum Gasteiger partial charge on any atom is -0.494 e. The summed E-state index contributed by atoms with van der Waals surface area (Å²) in [6, 6.07) is 29.6. The van der Waals surface area contributed by atoms with Crippen LogP contribution in [0.4, 0.5) is 0 Å². The lowest BCUT2D eigenvalue weighted by atomic mass is 10.1. The quantitative estimate of drug-likeness (QED) is 0.145. The van der Waals surface area contributed by atoms with E-state index in [1.165, 1.54) is 38.5 Å². The van der Waals surface area contributed by atoms with Crippen LogP contribution in [-0.4, -0.2) is 28.4 Å². The zero-order valence-electron chi connectivity index (χ0n) is 23.7. The highest BCUT2D eigenvalue weighted by atomic mass is 16.5. The number of hydrogen-bond donors (Lipinski definition) is 1. The van der Waals surface area contributed by atoms with Gasteiger partial charge in [0.1, 0.15) is 11.5 Å². The summed E-state index contributed by atoms with van der Waals surface area (Å²) in [5.41, 5.74) is 5.19. The molecule has 0 bridgehead atoms. The van der Waals surface area contributed by atoms with E-state index in [2.05, 4.69) is 42.7 Å². The van der Waals surface area contributed by atoms with Gasteiger partial charge in [-0.15, -0.1) is 0 Å². The first-order valence-electron chi connectivity index (χ1n) is 14.5. The predicted octanol–water partition coefficient (Wildman–Crippen LogP) is 8.66. The number of unbranched alkanes of at least 4 members (excludes halogenated alkanes) is 6. The van der Waals surface area contributed by atoms with Gasteiger partial charge in [0, 0.05) is 17.8 Å². The molecule has 0 saturated carbocycles. The maximum Gasteiger partial charge on any atom is 0.345 e. The first-order valence-corrected chi connectivity index (χ1v) is 14.5. The Kier molecular flexibility index (Phi) is 10.9. The van der Waals surface area contributed by atoms with Gasteiger partial charge in [-0.1, -0.05) is 75.8 Å². The predicted molar refractivity (Wildman–Crippen MR) is 162 cm³/mol. The summed E-state index contributed by atoms with van der Waals surface area (Å²) in [5, 5.41) is 9.68. The molecule has 210 valence electrons. The van der Waals surface area contributed by atoms with Gasteiger partial charge < -0.3 is 19.1 Å². The van der Waals surface area contributed by atoms with E-state index in [0.717, 1.165) is 47.0 Å². The highest BCUT2D eigenvalue weighted by Gasteiger charge is 2.20. The number of aryl methyl sites for hydroxylation is 1. The molecule has 0 saturated heterocycles. The Labute approximate surface area is 238 Å². The largest absolute Gasteiger partial charge is 0.494 e. The molecule has 5 nitrogen and oxygen atoms in total. The molecule has 0 radical (unpaired) electrons. The summed E-state index contributed by atoms with van der Waals surface area (Å²) in [6.07, 6.45) is 8.26. The molecule has 0 aliphatic heterocycles. The van der Waals surface area contributed by atoms with Crippen LogP contribution in [-0.2, 0) is 11.2 Å². The van der Waals surface area contributed by atoms with Crippen LogP contribution < -0.4 is 9.47 Å². The Hall–Kier alpha value is -3.99. The van der Waals surface area contributed by atoms with Gasteiger partial charge in [-0.05, 0) is 85.1 Å². The summed E-state index contributed by atoms with van der Waals surface area (Å²) in [6.45, 7) is 5.09. The number of ether oxygens (including phenoxy) is 2. The normalized spacial score (nSPS) is 11.8. The third-order valence-electron chi connectivity index (χ3n) is 7.16. The molecular weight excluding hydrogens is 498 g/mol. The van der Waals surface area contributed by atoms with E-state index in [4.69, 9.17) is 9.47 Å². The average Bonchev–Trinajstić information content (AvgIpc) is 3.36. The van der Waals surface area contributed by atoms with Crippen molar-refractivity contribution in [2.24, 2.45) is 0 Å². The standard InChI is InChI=1S/C35H41NO4/c1-3-4-5-6-7-8-12-25-39-31-22-18-30(19-23-31)36-27(2)15-24-33(36)29-16-20-32(21-17-29)40-34(35(37)38)26-28-13-10-9-11-14-28/h9-11,13-24,34H,3-8,12,25-26H2,1-2H3,(H,37,38)/t34-/m1/s1. The van der Waals surface area contributed by atoms with E-state index in [-0.39, 0.29) is 0 Å². The van der Waals surface area contributed by atoms with E-state index >= 15 is 0 Å². The molecule has 0 amide bonds. The van der Waals surface area contributed by atoms with Gasteiger partial charge in [-0.25, -0.2) is 4.79 Å². The lowest BCUT2D eigenvalue weighted by Gasteiger charge is -2.16. The summed E-state index contributed by atoms with van der Waals surface area (Å²) in [4.78, 5) is 11.8. The Morgan fingerprint density at radius 2 is 1.43 bits per heavy atom. The Morgan fingerprint density at radius 1 is 0.775 bits per heavy atom. The van der Waals surface area contributed by atoms with Crippen molar-refractivity contribution < 1.29 is 19.4 Å². The monoisotopic (exact) mass is 539 g/mol. The van der Waals surface area contributed by atoms with Gasteiger partial charge in [0.2, 0.25) is 0 Å². The minimum absolute atomic E-state index is 0.304. The summed E-state index contributed by atoms with van der Waals surface area (Å²) in [7, 11) is 0. The molecular formula is C35H41NO4. The number of carboxylic acids is 1. The second kappa shape index (κ2) is 15.0. The molecule has 0 spiro atoms. The highest BCUT2D eigenvalue weighted by molar-refractivity contribution is 5.73. The molecule has 1 atom stereocenters. The zero-order valence-corrected chi connectivity index (χ0v) is 23.7. The molecule has 4 aromatic rings. The molecule has 4 rings (SSSR count). The van der Waals surface area contributed by atoms with E-state index in [1.807, 2.05) is 66.7 Å². The maximum absolute atomic E-state index is 11.8. The third-order valence-corrected chi connectivity index (χ3v) is 7.16. The molecule has 1 aromatic heterocycles. The minimum atomic E-state index is -0.979. The second-order valence-corrected chi connectivity index (χ2v) is 10.3. The van der Waals surface area contributed by atoms with Crippen molar-refractivity contribution >= 4 is 5.97 Å². The third kappa shape index (κ3) is 8.25. The molecule has 5 heteroatoms. The van der Waals surface area contributed by atoms with Crippen LogP contribution >= 0.6 is 0 Å². The van der Waals surface area contributed by atoms with Gasteiger partial charge in [0.25, 0.3) is 0 Å². The van der Waals surface area contributed by atoms with Gasteiger partial charge in [0.15, 0.2) is 6.10 Å². The topological polar surface area (TPSA) is 60.7 Å². The lowest BCUT2D eigenvalue weighted by molar-refractivity contribution is -0.145. The van der Waals surface area contributed by atoms with E-state index < -0.39 is 12.1 Å². The van der Waals surface area contributed by atoms with Crippen LogP contribution in [0.15, 0.2) is 91.0 Å². The number of nitrogens with zero attached hydrogens (tertiary/aromatic N) is 1. The fourth-order valence-corrected chi connectivity index (χ4v) is 4.92. The number of hydrogen-bond acceptors (Lipinski definition) is 3. The van der Waals surface area contributed by atoms with Crippen LogP contribution in [0.25, 0.3) is 16.9 Å².